The Balaban J connectivity index is 1.76. The average molecular weight is 421 g/mol. The molecule has 0 spiro atoms. The van der Waals surface area contributed by atoms with Crippen molar-refractivity contribution in [1.82, 2.24) is 4.90 Å². The largest absolute Gasteiger partial charge is 0.497 e. The van der Waals surface area contributed by atoms with Crippen LogP contribution in [0.3, 0.4) is 0 Å². The number of ether oxygens (including phenoxy) is 1. The molecular weight excluding hydrogens is 397 g/mol. The maximum atomic E-state index is 13.4. The highest BCUT2D eigenvalue weighted by Crippen LogP contribution is 2.23. The molecule has 0 saturated carbocycles. The van der Waals surface area contributed by atoms with Gasteiger partial charge in [-0.2, -0.15) is 0 Å². The second-order valence-electron chi connectivity index (χ2n) is 7.01. The fraction of sp³-hybridized carbons (Fsp3) is 0.167. The minimum Gasteiger partial charge on any atom is -0.497 e. The van der Waals surface area contributed by atoms with Crippen LogP contribution in [0.5, 0.6) is 5.75 Å². The van der Waals surface area contributed by atoms with E-state index in [1.54, 1.807) is 49.4 Å². The zero-order valence-electron chi connectivity index (χ0n) is 17.3. The van der Waals surface area contributed by atoms with Crippen LogP contribution < -0.4 is 15.4 Å². The van der Waals surface area contributed by atoms with Crippen molar-refractivity contribution in [3.63, 3.8) is 0 Å². The summed E-state index contributed by atoms with van der Waals surface area (Å²) < 4.78 is 18.6. The van der Waals surface area contributed by atoms with Crippen LogP contribution in [-0.4, -0.2) is 37.4 Å². The topological polar surface area (TPSA) is 70.7 Å². The van der Waals surface area contributed by atoms with E-state index in [9.17, 15) is 14.0 Å². The summed E-state index contributed by atoms with van der Waals surface area (Å²) in [5.74, 6) is -0.466. The van der Waals surface area contributed by atoms with E-state index < -0.39 is 11.9 Å². The quantitative estimate of drug-likeness (QED) is 0.575. The van der Waals surface area contributed by atoms with Gasteiger partial charge in [0, 0.05) is 17.4 Å². The molecule has 0 aliphatic carbocycles. The molecule has 160 valence electrons. The Morgan fingerprint density at radius 3 is 2.29 bits per heavy atom. The fourth-order valence-corrected chi connectivity index (χ4v) is 3.24. The average Bonchev–Trinajstić information content (AvgIpc) is 2.74. The molecule has 2 N–H and O–H groups in total. The summed E-state index contributed by atoms with van der Waals surface area (Å²) in [5, 5.41) is 5.54. The molecule has 0 saturated heterocycles. The summed E-state index contributed by atoms with van der Waals surface area (Å²) in [4.78, 5) is 27.3. The molecule has 0 aliphatic heterocycles. The van der Waals surface area contributed by atoms with Crippen molar-refractivity contribution in [3.8, 4) is 5.75 Å². The fourth-order valence-electron chi connectivity index (χ4n) is 3.24. The number of nitrogens with zero attached hydrogens (tertiary/aromatic N) is 1. The van der Waals surface area contributed by atoms with Gasteiger partial charge >= 0.3 is 0 Å². The second-order valence-corrected chi connectivity index (χ2v) is 7.01. The smallest absolute Gasteiger partial charge is 0.246 e. The summed E-state index contributed by atoms with van der Waals surface area (Å²) >= 11 is 0. The second kappa shape index (κ2) is 10.4. The summed E-state index contributed by atoms with van der Waals surface area (Å²) in [7, 11) is 3.24. The lowest BCUT2D eigenvalue weighted by Gasteiger charge is -2.27. The summed E-state index contributed by atoms with van der Waals surface area (Å²) in [6.45, 7) is -0.0679. The number of halogens is 1. The molecule has 3 rings (SSSR count). The van der Waals surface area contributed by atoms with Gasteiger partial charge in [-0.15, -0.1) is 0 Å². The molecule has 0 fully saturated rings. The van der Waals surface area contributed by atoms with Gasteiger partial charge in [-0.3, -0.25) is 14.5 Å². The summed E-state index contributed by atoms with van der Waals surface area (Å²) in [6.07, 6.45) is 0. The number of amides is 2. The van der Waals surface area contributed by atoms with Crippen LogP contribution in [0.4, 0.5) is 15.8 Å². The van der Waals surface area contributed by atoms with E-state index in [0.29, 0.717) is 17.1 Å². The molecule has 0 aliphatic rings. The first-order chi connectivity index (χ1) is 15.0. The number of methoxy groups -OCH3 is 1. The van der Waals surface area contributed by atoms with E-state index in [-0.39, 0.29) is 18.4 Å². The number of benzene rings is 3. The lowest BCUT2D eigenvalue weighted by Crippen LogP contribution is -2.39. The predicted molar refractivity (Wildman–Crippen MR) is 118 cm³/mol. The first-order valence-corrected chi connectivity index (χ1v) is 9.72. The van der Waals surface area contributed by atoms with Crippen molar-refractivity contribution in [3.05, 3.63) is 90.2 Å². The van der Waals surface area contributed by atoms with E-state index in [0.717, 1.165) is 5.56 Å². The van der Waals surface area contributed by atoms with Gasteiger partial charge in [0.15, 0.2) is 0 Å². The van der Waals surface area contributed by atoms with Crippen molar-refractivity contribution < 1.29 is 18.7 Å². The lowest BCUT2D eigenvalue weighted by molar-refractivity contribution is -0.123. The number of carbonyl (C=O) groups is 2. The summed E-state index contributed by atoms with van der Waals surface area (Å²) in [6, 6.07) is 21.2. The number of anilines is 2. The van der Waals surface area contributed by atoms with Crippen LogP contribution in [0.2, 0.25) is 0 Å². The number of carbonyl (C=O) groups excluding carboxylic acids is 2. The first-order valence-electron chi connectivity index (χ1n) is 9.72. The van der Waals surface area contributed by atoms with E-state index in [4.69, 9.17) is 4.74 Å². The maximum absolute atomic E-state index is 13.4. The van der Waals surface area contributed by atoms with Gasteiger partial charge in [0.05, 0.1) is 13.7 Å². The lowest BCUT2D eigenvalue weighted by atomic mass is 10.0. The normalized spacial score (nSPS) is 11.6. The molecule has 7 heteroatoms. The molecule has 31 heavy (non-hydrogen) atoms. The highest BCUT2D eigenvalue weighted by Gasteiger charge is 2.27. The highest BCUT2D eigenvalue weighted by atomic mass is 19.1. The molecule has 0 heterocycles. The predicted octanol–water partition coefficient (Wildman–Crippen LogP) is 4.08. The number of nitrogens with one attached hydrogen (secondary N) is 2. The minimum atomic E-state index is -0.717. The third-order valence-electron chi connectivity index (χ3n) is 4.64. The van der Waals surface area contributed by atoms with Gasteiger partial charge in [-0.25, -0.2) is 4.39 Å². The Hall–Kier alpha value is -3.71. The Labute approximate surface area is 180 Å². The Morgan fingerprint density at radius 2 is 1.61 bits per heavy atom. The van der Waals surface area contributed by atoms with E-state index in [1.165, 1.54) is 18.2 Å². The van der Waals surface area contributed by atoms with Crippen molar-refractivity contribution in [2.24, 2.45) is 0 Å². The van der Waals surface area contributed by atoms with Crippen LogP contribution in [0, 0.1) is 5.82 Å². The first kappa shape index (κ1) is 22.0. The molecule has 0 radical (unpaired) electrons. The Bertz CT molecular complexity index is 1040. The summed E-state index contributed by atoms with van der Waals surface area (Å²) in [5.41, 5.74) is 1.68. The van der Waals surface area contributed by atoms with Gasteiger partial charge in [-0.1, -0.05) is 42.5 Å². The molecule has 6 nitrogen and oxygen atoms in total. The van der Waals surface area contributed by atoms with Crippen LogP contribution in [0.25, 0.3) is 0 Å². The number of likely N-dealkylation sites (N-methyl/N-ethyl adjacent to an activating group) is 1. The third-order valence-corrected chi connectivity index (χ3v) is 4.64. The zero-order valence-corrected chi connectivity index (χ0v) is 17.3. The van der Waals surface area contributed by atoms with Gasteiger partial charge < -0.3 is 15.4 Å². The van der Waals surface area contributed by atoms with Gasteiger partial charge in [0.2, 0.25) is 11.8 Å². The molecule has 2 amide bonds. The van der Waals surface area contributed by atoms with Crippen molar-refractivity contribution in [1.29, 1.82) is 0 Å². The molecule has 0 bridgehead atoms. The van der Waals surface area contributed by atoms with E-state index in [2.05, 4.69) is 10.6 Å². The van der Waals surface area contributed by atoms with Gasteiger partial charge in [0.1, 0.15) is 17.6 Å². The molecule has 3 aromatic rings. The third kappa shape index (κ3) is 6.13. The monoisotopic (exact) mass is 421 g/mol. The standard InChI is InChI=1S/C24H24FN3O3/c1-28(16-22(29)26-19-11-6-10-18(25)14-19)23(17-8-4-3-5-9-17)24(30)27-20-12-7-13-21(15-20)31-2/h3-15,23H,16H2,1-2H3,(H,26,29)(H,27,30)/t23-/m0/s1. The molecule has 0 aromatic heterocycles. The van der Waals surface area contributed by atoms with E-state index in [1.807, 2.05) is 30.3 Å². The van der Waals surface area contributed by atoms with Crippen LogP contribution in [0.1, 0.15) is 11.6 Å². The number of hydrogen-bond donors (Lipinski definition) is 2. The zero-order chi connectivity index (χ0) is 22.2. The highest BCUT2D eigenvalue weighted by molar-refractivity contribution is 5.97. The van der Waals surface area contributed by atoms with Gasteiger partial charge in [0.25, 0.3) is 0 Å². The number of rotatable bonds is 8. The molecule has 3 aromatic carbocycles. The van der Waals surface area contributed by atoms with Crippen LogP contribution in [-0.2, 0) is 9.59 Å². The maximum Gasteiger partial charge on any atom is 0.246 e. The molecular formula is C24H24FN3O3. The van der Waals surface area contributed by atoms with Crippen molar-refractivity contribution >= 4 is 23.2 Å². The van der Waals surface area contributed by atoms with E-state index >= 15 is 0 Å². The minimum absolute atomic E-state index is 0.0679. The Kier molecular flexibility index (Phi) is 7.35. The van der Waals surface area contributed by atoms with Crippen LogP contribution in [0.15, 0.2) is 78.9 Å². The Morgan fingerprint density at radius 1 is 0.935 bits per heavy atom. The number of hydrogen-bond acceptors (Lipinski definition) is 4. The molecule has 0 unspecified atom stereocenters. The van der Waals surface area contributed by atoms with Crippen molar-refractivity contribution in [2.75, 3.05) is 31.3 Å². The van der Waals surface area contributed by atoms with Gasteiger partial charge in [-0.05, 0) is 42.9 Å². The molecule has 1 atom stereocenters. The van der Waals surface area contributed by atoms with Crippen molar-refractivity contribution in [2.45, 2.75) is 6.04 Å². The van der Waals surface area contributed by atoms with Crippen LogP contribution >= 0.6 is 0 Å². The SMILES string of the molecule is COc1cccc(NC(=O)[C@H](c2ccccc2)N(C)CC(=O)Nc2cccc(F)c2)c1.